The lowest BCUT2D eigenvalue weighted by Gasteiger charge is -2.09. The minimum Gasteiger partial charge on any atom is -0.378 e. The summed E-state index contributed by atoms with van der Waals surface area (Å²) in [6, 6.07) is 7.63. The molecule has 2 aromatic carbocycles. The number of hydrogen-bond acceptors (Lipinski definition) is 2. The molecule has 6 heteroatoms. The average molecular weight is 280 g/mol. The first-order chi connectivity index (χ1) is 9.54. The minimum absolute atomic E-state index is 0.119. The zero-order chi connectivity index (χ0) is 14.7. The van der Waals surface area contributed by atoms with E-state index in [1.54, 1.807) is 6.07 Å². The van der Waals surface area contributed by atoms with Crippen molar-refractivity contribution in [3.63, 3.8) is 0 Å². The van der Waals surface area contributed by atoms with Crippen LogP contribution in [-0.2, 0) is 6.54 Å². The van der Waals surface area contributed by atoms with Gasteiger partial charge >= 0.3 is 0 Å². The Labute approximate surface area is 112 Å². The zero-order valence-electron chi connectivity index (χ0n) is 10.1. The van der Waals surface area contributed by atoms with Crippen LogP contribution in [0.25, 0.3) is 0 Å². The first-order valence-corrected chi connectivity index (χ1v) is 5.59. The number of benzene rings is 2. The fourth-order valence-electron chi connectivity index (χ4n) is 1.66. The van der Waals surface area contributed by atoms with Gasteiger partial charge in [0, 0.05) is 12.1 Å². The van der Waals surface area contributed by atoms with Crippen LogP contribution in [0.4, 0.5) is 23.2 Å². The maximum absolute atomic E-state index is 13.7. The molecule has 2 rings (SSSR count). The third-order valence-electron chi connectivity index (χ3n) is 2.70. The molecule has 0 aliphatic rings. The van der Waals surface area contributed by atoms with Crippen LogP contribution in [0.5, 0.6) is 0 Å². The van der Waals surface area contributed by atoms with E-state index in [4.69, 9.17) is 5.26 Å². The van der Waals surface area contributed by atoms with Gasteiger partial charge in [-0.3, -0.25) is 0 Å². The third kappa shape index (κ3) is 2.57. The molecule has 0 spiro atoms. The highest BCUT2D eigenvalue weighted by molar-refractivity contribution is 5.46. The fraction of sp³-hybridized carbons (Fsp3) is 0.0714. The number of nitriles is 1. The van der Waals surface area contributed by atoms with Crippen molar-refractivity contribution in [3.05, 3.63) is 64.7 Å². The molecule has 2 aromatic rings. The number of anilines is 1. The maximum Gasteiger partial charge on any atom is 0.196 e. The van der Waals surface area contributed by atoms with Crippen molar-refractivity contribution in [2.75, 3.05) is 5.32 Å². The molecular weight excluding hydrogens is 272 g/mol. The van der Waals surface area contributed by atoms with Crippen LogP contribution in [0.3, 0.4) is 0 Å². The van der Waals surface area contributed by atoms with Gasteiger partial charge in [0.1, 0.15) is 11.9 Å². The maximum atomic E-state index is 13.7. The molecule has 0 aliphatic carbocycles. The van der Waals surface area contributed by atoms with E-state index in [2.05, 4.69) is 5.32 Å². The second-order valence-electron chi connectivity index (χ2n) is 3.97. The van der Waals surface area contributed by atoms with Crippen molar-refractivity contribution in [3.8, 4) is 6.07 Å². The van der Waals surface area contributed by atoms with Crippen LogP contribution in [0, 0.1) is 34.6 Å². The number of nitrogens with one attached hydrogen (secondary N) is 1. The van der Waals surface area contributed by atoms with Gasteiger partial charge in [0.05, 0.1) is 11.3 Å². The molecule has 0 aromatic heterocycles. The average Bonchev–Trinajstić information content (AvgIpc) is 2.45. The van der Waals surface area contributed by atoms with E-state index in [0.29, 0.717) is 0 Å². The second-order valence-corrected chi connectivity index (χ2v) is 3.97. The van der Waals surface area contributed by atoms with Crippen molar-refractivity contribution in [1.29, 1.82) is 5.26 Å². The van der Waals surface area contributed by atoms with Crippen LogP contribution in [0.15, 0.2) is 30.3 Å². The zero-order valence-corrected chi connectivity index (χ0v) is 10.1. The highest BCUT2D eigenvalue weighted by atomic mass is 19.2. The summed E-state index contributed by atoms with van der Waals surface area (Å²) >= 11 is 0. The molecule has 0 saturated carbocycles. The van der Waals surface area contributed by atoms with Crippen LogP contribution in [0.1, 0.15) is 11.1 Å². The van der Waals surface area contributed by atoms with Gasteiger partial charge in [-0.25, -0.2) is 17.6 Å². The van der Waals surface area contributed by atoms with Gasteiger partial charge in [-0.2, -0.15) is 5.26 Å². The van der Waals surface area contributed by atoms with E-state index in [1.807, 2.05) is 0 Å². The third-order valence-corrected chi connectivity index (χ3v) is 2.70. The lowest BCUT2D eigenvalue weighted by molar-refractivity contribution is 0.449. The first kappa shape index (κ1) is 13.9. The Morgan fingerprint density at radius 1 is 0.950 bits per heavy atom. The summed E-state index contributed by atoms with van der Waals surface area (Å²) in [6.45, 7) is -0.163. The van der Waals surface area contributed by atoms with Gasteiger partial charge in [-0.05, 0) is 18.2 Å². The van der Waals surface area contributed by atoms with Crippen LogP contribution in [0.2, 0.25) is 0 Å². The lowest BCUT2D eigenvalue weighted by atomic mass is 10.1. The van der Waals surface area contributed by atoms with Gasteiger partial charge in [-0.1, -0.05) is 12.1 Å². The van der Waals surface area contributed by atoms with E-state index in [0.717, 1.165) is 12.1 Å². The highest BCUT2D eigenvalue weighted by Gasteiger charge is 2.14. The monoisotopic (exact) mass is 280 g/mol. The first-order valence-electron chi connectivity index (χ1n) is 5.59. The van der Waals surface area contributed by atoms with Gasteiger partial charge in [-0.15, -0.1) is 0 Å². The van der Waals surface area contributed by atoms with Crippen molar-refractivity contribution in [2.45, 2.75) is 6.54 Å². The molecule has 0 bridgehead atoms. The summed E-state index contributed by atoms with van der Waals surface area (Å²) in [6.07, 6.45) is 0. The topological polar surface area (TPSA) is 35.8 Å². The summed E-state index contributed by atoms with van der Waals surface area (Å²) in [5.74, 6) is -5.00. The molecule has 102 valence electrons. The molecule has 0 heterocycles. The van der Waals surface area contributed by atoms with Gasteiger partial charge in [0.2, 0.25) is 0 Å². The fourth-order valence-corrected chi connectivity index (χ4v) is 1.66. The lowest BCUT2D eigenvalue weighted by Crippen LogP contribution is -2.06. The van der Waals surface area contributed by atoms with Crippen molar-refractivity contribution >= 4 is 5.69 Å². The summed E-state index contributed by atoms with van der Waals surface area (Å²) in [4.78, 5) is 0. The largest absolute Gasteiger partial charge is 0.378 e. The molecule has 20 heavy (non-hydrogen) atoms. The van der Waals surface area contributed by atoms with Crippen LogP contribution in [-0.4, -0.2) is 0 Å². The van der Waals surface area contributed by atoms with Gasteiger partial charge < -0.3 is 5.32 Å². The molecule has 0 unspecified atom stereocenters. The predicted octanol–water partition coefficient (Wildman–Crippen LogP) is 3.73. The number of halogens is 4. The summed E-state index contributed by atoms with van der Waals surface area (Å²) in [5, 5.41) is 11.1. The predicted molar refractivity (Wildman–Crippen MR) is 64.8 cm³/mol. The van der Waals surface area contributed by atoms with E-state index in [1.165, 1.54) is 18.2 Å². The Morgan fingerprint density at radius 3 is 2.40 bits per heavy atom. The molecule has 0 atom stereocenters. The smallest absolute Gasteiger partial charge is 0.196 e. The summed E-state index contributed by atoms with van der Waals surface area (Å²) in [7, 11) is 0. The minimum atomic E-state index is -1.60. The van der Waals surface area contributed by atoms with Crippen molar-refractivity contribution in [1.82, 2.24) is 0 Å². The molecule has 2 nitrogen and oxygen atoms in total. The summed E-state index contributed by atoms with van der Waals surface area (Å²) < 4.78 is 52.9. The Bertz CT molecular complexity index is 692. The SMILES string of the molecule is N#Cc1cccc(CNc2ccc(F)c(F)c2F)c1F. The Kier molecular flexibility index (Phi) is 3.89. The molecule has 0 amide bonds. The van der Waals surface area contributed by atoms with E-state index in [-0.39, 0.29) is 23.4 Å². The molecule has 0 aliphatic heterocycles. The standard InChI is InChI=1S/C14H8F4N2/c15-10-4-5-11(14(18)13(10)17)20-7-9-3-1-2-8(6-19)12(9)16/h1-5,20H,7H2. The Morgan fingerprint density at radius 2 is 1.70 bits per heavy atom. The van der Waals surface area contributed by atoms with E-state index in [9.17, 15) is 17.6 Å². The second kappa shape index (κ2) is 5.61. The highest BCUT2D eigenvalue weighted by Crippen LogP contribution is 2.21. The number of rotatable bonds is 3. The number of hydrogen-bond donors (Lipinski definition) is 1. The van der Waals surface area contributed by atoms with Gasteiger partial charge in [0.25, 0.3) is 0 Å². The Balaban J connectivity index is 2.22. The van der Waals surface area contributed by atoms with Gasteiger partial charge in [0.15, 0.2) is 17.5 Å². The molecule has 0 saturated heterocycles. The molecule has 0 fully saturated rings. The molecule has 0 radical (unpaired) electrons. The normalized spacial score (nSPS) is 10.2. The van der Waals surface area contributed by atoms with Crippen molar-refractivity contribution in [2.24, 2.45) is 0 Å². The molecular formula is C14H8F4N2. The van der Waals surface area contributed by atoms with Crippen LogP contribution >= 0.6 is 0 Å². The Hall–Kier alpha value is -2.55. The van der Waals surface area contributed by atoms with Crippen molar-refractivity contribution < 1.29 is 17.6 Å². The molecule has 1 N–H and O–H groups in total. The summed E-state index contributed by atoms with van der Waals surface area (Å²) in [5.41, 5.74) is -0.311. The van der Waals surface area contributed by atoms with E-state index < -0.39 is 23.3 Å². The number of nitrogens with zero attached hydrogens (tertiary/aromatic N) is 1. The van der Waals surface area contributed by atoms with Crippen LogP contribution < -0.4 is 5.32 Å². The quantitative estimate of drug-likeness (QED) is 0.687. The van der Waals surface area contributed by atoms with E-state index >= 15 is 0 Å².